The molecule has 1 amide bonds. The first-order valence-corrected chi connectivity index (χ1v) is 7.04. The molecule has 1 heterocycles. The van der Waals surface area contributed by atoms with Crippen LogP contribution in [-0.4, -0.2) is 49.5 Å². The van der Waals surface area contributed by atoms with Crippen LogP contribution in [0, 0.1) is 0 Å². The highest BCUT2D eigenvalue weighted by molar-refractivity contribution is 7.09. The maximum absolute atomic E-state index is 11.6. The number of rotatable bonds is 8. The van der Waals surface area contributed by atoms with Crippen molar-refractivity contribution in [3.63, 3.8) is 0 Å². The molecule has 6 heteroatoms. The number of aromatic nitrogens is 1. The van der Waals surface area contributed by atoms with Gasteiger partial charge in [0.2, 0.25) is 5.91 Å². The monoisotopic (exact) mass is 270 g/mol. The van der Waals surface area contributed by atoms with Crippen LogP contribution in [0.2, 0.25) is 0 Å². The summed E-state index contributed by atoms with van der Waals surface area (Å²) in [5.74, 6) is 0.0347. The lowest BCUT2D eigenvalue weighted by Crippen LogP contribution is -2.32. The summed E-state index contributed by atoms with van der Waals surface area (Å²) in [6, 6.07) is 0. The second-order valence-corrected chi connectivity index (χ2v) is 5.40. The number of carbonyl (C=O) groups is 1. The van der Waals surface area contributed by atoms with Crippen LogP contribution in [0.3, 0.4) is 0 Å². The molecule has 18 heavy (non-hydrogen) atoms. The third-order valence-corrected chi connectivity index (χ3v) is 3.37. The van der Waals surface area contributed by atoms with Crippen molar-refractivity contribution < 1.29 is 4.79 Å². The summed E-state index contributed by atoms with van der Waals surface area (Å²) in [5.41, 5.74) is 6.31. The smallest absolute Gasteiger partial charge is 0.226 e. The molecule has 0 fully saturated rings. The van der Waals surface area contributed by atoms with Gasteiger partial charge in [-0.05, 0) is 27.1 Å². The summed E-state index contributed by atoms with van der Waals surface area (Å²) in [6.45, 7) is 2.21. The predicted molar refractivity (Wildman–Crippen MR) is 74.8 cm³/mol. The number of hydrogen-bond acceptors (Lipinski definition) is 5. The van der Waals surface area contributed by atoms with Gasteiger partial charge in [-0.3, -0.25) is 4.79 Å². The Balaban J connectivity index is 2.28. The number of hydrogen-bond donors (Lipinski definition) is 2. The van der Waals surface area contributed by atoms with Crippen LogP contribution in [-0.2, 0) is 17.6 Å². The third kappa shape index (κ3) is 6.09. The van der Waals surface area contributed by atoms with Crippen molar-refractivity contribution in [2.75, 3.05) is 33.7 Å². The van der Waals surface area contributed by atoms with Crippen LogP contribution in [0.1, 0.15) is 17.1 Å². The summed E-state index contributed by atoms with van der Waals surface area (Å²) < 4.78 is 0. The number of nitrogens with zero attached hydrogens (tertiary/aromatic N) is 2. The number of nitrogens with two attached hydrogens (primary N) is 1. The molecule has 3 N–H and O–H groups in total. The molecule has 0 aliphatic heterocycles. The maximum atomic E-state index is 11.6. The van der Waals surface area contributed by atoms with Crippen LogP contribution >= 0.6 is 11.3 Å². The molecular weight excluding hydrogens is 248 g/mol. The number of carbonyl (C=O) groups excluding carboxylic acids is 1. The maximum Gasteiger partial charge on any atom is 0.226 e. The van der Waals surface area contributed by atoms with E-state index in [2.05, 4.69) is 10.3 Å². The van der Waals surface area contributed by atoms with Gasteiger partial charge in [-0.2, -0.15) is 0 Å². The number of nitrogens with one attached hydrogen (secondary N) is 1. The van der Waals surface area contributed by atoms with E-state index in [-0.39, 0.29) is 5.91 Å². The highest BCUT2D eigenvalue weighted by Gasteiger charge is 2.07. The van der Waals surface area contributed by atoms with Gasteiger partial charge >= 0.3 is 0 Å². The molecule has 102 valence electrons. The normalized spacial score (nSPS) is 10.9. The van der Waals surface area contributed by atoms with Gasteiger partial charge < -0.3 is 16.0 Å². The lowest BCUT2D eigenvalue weighted by atomic mass is 10.3. The number of aryl methyl sites for hydroxylation is 1. The topological polar surface area (TPSA) is 71.2 Å². The van der Waals surface area contributed by atoms with Crippen molar-refractivity contribution in [3.05, 3.63) is 16.1 Å². The van der Waals surface area contributed by atoms with Crippen molar-refractivity contribution >= 4 is 17.2 Å². The average Bonchev–Trinajstić information content (AvgIpc) is 2.73. The van der Waals surface area contributed by atoms with Crippen molar-refractivity contribution in [2.24, 2.45) is 5.73 Å². The fourth-order valence-corrected chi connectivity index (χ4v) is 2.28. The Morgan fingerprint density at radius 1 is 1.56 bits per heavy atom. The summed E-state index contributed by atoms with van der Waals surface area (Å²) in [4.78, 5) is 18.1. The fourth-order valence-electron chi connectivity index (χ4n) is 1.44. The molecule has 0 bridgehead atoms. The standard InChI is InChI=1S/C12H22N4OS/c1-16(2)7-6-14-11(17)8-10-9-18-12(15-10)4-3-5-13/h9H,3-8,13H2,1-2H3,(H,14,17). The first kappa shape index (κ1) is 15.1. The third-order valence-electron chi connectivity index (χ3n) is 2.42. The Labute approximate surface area is 112 Å². The molecule has 0 aliphatic carbocycles. The Kier molecular flexibility index (Phi) is 6.85. The molecule has 0 aromatic carbocycles. The summed E-state index contributed by atoms with van der Waals surface area (Å²) in [6.07, 6.45) is 2.22. The minimum absolute atomic E-state index is 0.0347. The van der Waals surface area contributed by atoms with Crippen molar-refractivity contribution in [1.82, 2.24) is 15.2 Å². The summed E-state index contributed by atoms with van der Waals surface area (Å²) >= 11 is 1.61. The lowest BCUT2D eigenvalue weighted by Gasteiger charge is -2.09. The molecule has 0 radical (unpaired) electrons. The predicted octanol–water partition coefficient (Wildman–Crippen LogP) is 0.255. The first-order valence-electron chi connectivity index (χ1n) is 6.16. The summed E-state index contributed by atoms with van der Waals surface area (Å²) in [7, 11) is 3.96. The van der Waals surface area contributed by atoms with Crippen LogP contribution in [0.5, 0.6) is 0 Å². The van der Waals surface area contributed by atoms with Gasteiger partial charge in [0.15, 0.2) is 0 Å². The Morgan fingerprint density at radius 3 is 3.00 bits per heavy atom. The second kappa shape index (κ2) is 8.18. The largest absolute Gasteiger partial charge is 0.354 e. The number of amides is 1. The van der Waals surface area contributed by atoms with Crippen molar-refractivity contribution in [1.29, 1.82) is 0 Å². The molecule has 0 saturated heterocycles. The van der Waals surface area contributed by atoms with E-state index in [1.807, 2.05) is 24.4 Å². The minimum atomic E-state index is 0.0347. The van der Waals surface area contributed by atoms with Gasteiger partial charge in [0.1, 0.15) is 0 Å². The minimum Gasteiger partial charge on any atom is -0.354 e. The van der Waals surface area contributed by atoms with Gasteiger partial charge in [0.25, 0.3) is 0 Å². The van der Waals surface area contributed by atoms with E-state index >= 15 is 0 Å². The SMILES string of the molecule is CN(C)CCNC(=O)Cc1csc(CCCN)n1. The van der Waals surface area contributed by atoms with Gasteiger partial charge in [-0.1, -0.05) is 0 Å². The Hall–Kier alpha value is -0.980. The van der Waals surface area contributed by atoms with Gasteiger partial charge in [0.05, 0.1) is 17.1 Å². The van der Waals surface area contributed by atoms with E-state index in [0.717, 1.165) is 30.1 Å². The van der Waals surface area contributed by atoms with E-state index < -0.39 is 0 Å². The highest BCUT2D eigenvalue weighted by Crippen LogP contribution is 2.11. The average molecular weight is 270 g/mol. The van der Waals surface area contributed by atoms with Gasteiger partial charge in [0, 0.05) is 24.9 Å². The molecule has 1 aromatic heterocycles. The number of thiazole rings is 1. The Bertz CT molecular complexity index is 365. The zero-order chi connectivity index (χ0) is 13.4. The van der Waals surface area contributed by atoms with Crippen LogP contribution in [0.15, 0.2) is 5.38 Å². The quantitative estimate of drug-likeness (QED) is 0.710. The molecule has 0 aliphatic rings. The van der Waals surface area contributed by atoms with Crippen LogP contribution in [0.25, 0.3) is 0 Å². The fraction of sp³-hybridized carbons (Fsp3) is 0.667. The van der Waals surface area contributed by atoms with E-state index in [0.29, 0.717) is 19.5 Å². The molecule has 0 spiro atoms. The lowest BCUT2D eigenvalue weighted by molar-refractivity contribution is -0.120. The molecule has 0 saturated carbocycles. The highest BCUT2D eigenvalue weighted by atomic mass is 32.1. The molecule has 1 aromatic rings. The van der Waals surface area contributed by atoms with Crippen molar-refractivity contribution in [2.45, 2.75) is 19.3 Å². The van der Waals surface area contributed by atoms with Gasteiger partial charge in [-0.25, -0.2) is 4.98 Å². The molecule has 1 rings (SSSR count). The van der Waals surface area contributed by atoms with Gasteiger partial charge in [-0.15, -0.1) is 11.3 Å². The second-order valence-electron chi connectivity index (χ2n) is 4.45. The zero-order valence-corrected chi connectivity index (χ0v) is 11.9. The van der Waals surface area contributed by atoms with E-state index in [1.54, 1.807) is 11.3 Å². The zero-order valence-electron chi connectivity index (χ0n) is 11.1. The molecule has 5 nitrogen and oxygen atoms in total. The van der Waals surface area contributed by atoms with E-state index in [9.17, 15) is 4.79 Å². The molecule has 0 atom stereocenters. The van der Waals surface area contributed by atoms with Crippen LogP contribution in [0.4, 0.5) is 0 Å². The summed E-state index contributed by atoms with van der Waals surface area (Å²) in [5, 5.41) is 5.90. The molecular formula is C12H22N4OS. The first-order chi connectivity index (χ1) is 8.61. The van der Waals surface area contributed by atoms with Crippen LogP contribution < -0.4 is 11.1 Å². The van der Waals surface area contributed by atoms with Crippen molar-refractivity contribution in [3.8, 4) is 0 Å². The Morgan fingerprint density at radius 2 is 2.33 bits per heavy atom. The number of likely N-dealkylation sites (N-methyl/N-ethyl adjacent to an activating group) is 1. The molecule has 0 unspecified atom stereocenters. The van der Waals surface area contributed by atoms with E-state index in [4.69, 9.17) is 5.73 Å². The van der Waals surface area contributed by atoms with E-state index in [1.165, 1.54) is 0 Å².